The molecule has 0 aromatic carbocycles. The van der Waals surface area contributed by atoms with E-state index in [4.69, 9.17) is 5.73 Å². The Morgan fingerprint density at radius 1 is 1.60 bits per heavy atom. The van der Waals surface area contributed by atoms with Gasteiger partial charge in [-0.1, -0.05) is 13.0 Å². The van der Waals surface area contributed by atoms with Gasteiger partial charge >= 0.3 is 0 Å². The van der Waals surface area contributed by atoms with Gasteiger partial charge < -0.3 is 10.1 Å². The van der Waals surface area contributed by atoms with Crippen LogP contribution >= 0.6 is 15.9 Å². The Balaban J connectivity index is 2.45. The molecule has 0 saturated heterocycles. The molecule has 80 valence electrons. The highest BCUT2D eigenvalue weighted by Gasteiger charge is 2.09. The SMILES string of the molecule is CC(CN)Cc1cccn2cnc(Br)c12. The highest BCUT2D eigenvalue weighted by molar-refractivity contribution is 9.10. The molecule has 15 heavy (non-hydrogen) atoms. The summed E-state index contributed by atoms with van der Waals surface area (Å²) in [6, 6.07) is 4.17. The fraction of sp³-hybridized carbons (Fsp3) is 0.364. The summed E-state index contributed by atoms with van der Waals surface area (Å²) in [5, 5.41) is 0. The number of rotatable bonds is 3. The molecule has 0 spiro atoms. The van der Waals surface area contributed by atoms with Gasteiger partial charge in [0.25, 0.3) is 0 Å². The van der Waals surface area contributed by atoms with Crippen LogP contribution in [0.1, 0.15) is 12.5 Å². The van der Waals surface area contributed by atoms with E-state index in [1.54, 1.807) is 0 Å². The van der Waals surface area contributed by atoms with Crippen molar-refractivity contribution >= 4 is 21.4 Å². The van der Waals surface area contributed by atoms with Gasteiger partial charge in [-0.2, -0.15) is 0 Å². The Labute approximate surface area is 97.4 Å². The van der Waals surface area contributed by atoms with Gasteiger partial charge in [-0.25, -0.2) is 4.98 Å². The first-order valence-corrected chi connectivity index (χ1v) is 5.81. The number of pyridine rings is 1. The lowest BCUT2D eigenvalue weighted by molar-refractivity contribution is 0.594. The zero-order valence-corrected chi connectivity index (χ0v) is 10.2. The van der Waals surface area contributed by atoms with E-state index in [1.165, 1.54) is 5.56 Å². The van der Waals surface area contributed by atoms with Crippen LogP contribution in [0, 0.1) is 5.92 Å². The molecule has 2 heterocycles. The molecular formula is C11H14BrN3. The third-order valence-corrected chi connectivity index (χ3v) is 3.15. The first kappa shape index (κ1) is 10.6. The van der Waals surface area contributed by atoms with Crippen molar-refractivity contribution < 1.29 is 0 Å². The van der Waals surface area contributed by atoms with Crippen LogP contribution in [0.3, 0.4) is 0 Å². The smallest absolute Gasteiger partial charge is 0.132 e. The highest BCUT2D eigenvalue weighted by atomic mass is 79.9. The second-order valence-corrected chi connectivity index (χ2v) is 4.62. The molecule has 2 N–H and O–H groups in total. The predicted molar refractivity (Wildman–Crippen MR) is 64.8 cm³/mol. The summed E-state index contributed by atoms with van der Waals surface area (Å²) in [4.78, 5) is 4.24. The van der Waals surface area contributed by atoms with Crippen LogP contribution < -0.4 is 5.73 Å². The molecule has 0 radical (unpaired) electrons. The molecule has 0 aliphatic rings. The Bertz CT molecular complexity index is 464. The first-order valence-electron chi connectivity index (χ1n) is 5.02. The lowest BCUT2D eigenvalue weighted by atomic mass is 10.0. The van der Waals surface area contributed by atoms with E-state index >= 15 is 0 Å². The number of hydrogen-bond donors (Lipinski definition) is 1. The van der Waals surface area contributed by atoms with Crippen LogP contribution in [0.5, 0.6) is 0 Å². The number of hydrogen-bond acceptors (Lipinski definition) is 2. The number of halogens is 1. The topological polar surface area (TPSA) is 43.3 Å². The van der Waals surface area contributed by atoms with Crippen molar-refractivity contribution in [3.05, 3.63) is 34.8 Å². The Hall–Kier alpha value is -0.870. The summed E-state index contributed by atoms with van der Waals surface area (Å²) in [5.41, 5.74) is 8.09. The van der Waals surface area contributed by atoms with Crippen LogP contribution in [0.15, 0.2) is 29.3 Å². The molecule has 0 fully saturated rings. The summed E-state index contributed by atoms with van der Waals surface area (Å²) < 4.78 is 2.94. The Kier molecular flexibility index (Phi) is 3.07. The van der Waals surface area contributed by atoms with Crippen molar-refractivity contribution in [2.24, 2.45) is 11.7 Å². The van der Waals surface area contributed by atoms with E-state index in [9.17, 15) is 0 Å². The average molecular weight is 268 g/mol. The van der Waals surface area contributed by atoms with Crippen molar-refractivity contribution in [3.63, 3.8) is 0 Å². The molecule has 2 rings (SSSR count). The van der Waals surface area contributed by atoms with E-state index in [1.807, 2.05) is 23.0 Å². The van der Waals surface area contributed by atoms with Crippen LogP contribution in [-0.4, -0.2) is 15.9 Å². The molecule has 0 amide bonds. The fourth-order valence-corrected chi connectivity index (χ4v) is 2.25. The Morgan fingerprint density at radius 3 is 3.13 bits per heavy atom. The molecule has 1 unspecified atom stereocenters. The van der Waals surface area contributed by atoms with Crippen molar-refractivity contribution in [2.45, 2.75) is 13.3 Å². The quantitative estimate of drug-likeness (QED) is 0.927. The van der Waals surface area contributed by atoms with E-state index in [-0.39, 0.29) is 0 Å². The highest BCUT2D eigenvalue weighted by Crippen LogP contribution is 2.22. The molecule has 0 aliphatic carbocycles. The second-order valence-electron chi connectivity index (χ2n) is 3.87. The van der Waals surface area contributed by atoms with Gasteiger partial charge in [0, 0.05) is 6.20 Å². The fourth-order valence-electron chi connectivity index (χ4n) is 1.70. The van der Waals surface area contributed by atoms with E-state index < -0.39 is 0 Å². The third kappa shape index (κ3) is 2.06. The minimum atomic E-state index is 0.498. The number of fused-ring (bicyclic) bond motifs is 1. The molecule has 1 atom stereocenters. The largest absolute Gasteiger partial charge is 0.330 e. The summed E-state index contributed by atoms with van der Waals surface area (Å²) in [6.45, 7) is 2.88. The van der Waals surface area contributed by atoms with E-state index in [0.29, 0.717) is 12.5 Å². The van der Waals surface area contributed by atoms with Gasteiger partial charge in [0.05, 0.1) is 5.52 Å². The van der Waals surface area contributed by atoms with E-state index in [0.717, 1.165) is 16.5 Å². The van der Waals surface area contributed by atoms with Crippen LogP contribution in [-0.2, 0) is 6.42 Å². The maximum Gasteiger partial charge on any atom is 0.132 e. The monoisotopic (exact) mass is 267 g/mol. The summed E-state index contributed by atoms with van der Waals surface area (Å²) >= 11 is 3.47. The molecule has 2 aromatic heterocycles. The molecule has 0 bridgehead atoms. The predicted octanol–water partition coefficient (Wildman–Crippen LogP) is 2.23. The molecular weight excluding hydrogens is 254 g/mol. The summed E-state index contributed by atoms with van der Waals surface area (Å²) in [5.74, 6) is 0.498. The minimum Gasteiger partial charge on any atom is -0.330 e. The van der Waals surface area contributed by atoms with Gasteiger partial charge in [-0.3, -0.25) is 0 Å². The molecule has 2 aromatic rings. The standard InChI is InChI=1S/C11H14BrN3/c1-8(6-13)5-9-3-2-4-15-7-14-11(12)10(9)15/h2-4,7-8H,5-6,13H2,1H3. The van der Waals surface area contributed by atoms with Crippen molar-refractivity contribution in [1.29, 1.82) is 0 Å². The lowest BCUT2D eigenvalue weighted by Gasteiger charge is -2.09. The maximum atomic E-state index is 5.64. The number of aromatic nitrogens is 2. The zero-order valence-electron chi connectivity index (χ0n) is 8.65. The molecule has 0 aliphatic heterocycles. The normalized spacial score (nSPS) is 13.3. The lowest BCUT2D eigenvalue weighted by Crippen LogP contribution is -2.13. The molecule has 3 nitrogen and oxygen atoms in total. The van der Waals surface area contributed by atoms with Crippen molar-refractivity contribution in [3.8, 4) is 0 Å². The summed E-state index contributed by atoms with van der Waals surface area (Å²) in [6.07, 6.45) is 4.81. The number of imidazole rings is 1. The Morgan fingerprint density at radius 2 is 2.40 bits per heavy atom. The van der Waals surface area contributed by atoms with Crippen molar-refractivity contribution in [2.75, 3.05) is 6.54 Å². The third-order valence-electron chi connectivity index (χ3n) is 2.57. The molecule has 4 heteroatoms. The average Bonchev–Trinajstić information content (AvgIpc) is 2.61. The zero-order chi connectivity index (χ0) is 10.8. The molecule has 0 saturated carbocycles. The van der Waals surface area contributed by atoms with Crippen LogP contribution in [0.4, 0.5) is 0 Å². The van der Waals surface area contributed by atoms with Gasteiger partial charge in [0.15, 0.2) is 0 Å². The van der Waals surface area contributed by atoms with Crippen LogP contribution in [0.25, 0.3) is 5.52 Å². The minimum absolute atomic E-state index is 0.498. The first-order chi connectivity index (χ1) is 7.22. The van der Waals surface area contributed by atoms with Gasteiger partial charge in [0.2, 0.25) is 0 Å². The second kappa shape index (κ2) is 4.33. The van der Waals surface area contributed by atoms with Crippen LogP contribution in [0.2, 0.25) is 0 Å². The number of nitrogens with zero attached hydrogens (tertiary/aromatic N) is 2. The van der Waals surface area contributed by atoms with Crippen molar-refractivity contribution in [1.82, 2.24) is 9.38 Å². The van der Waals surface area contributed by atoms with E-state index in [2.05, 4.69) is 33.9 Å². The summed E-state index contributed by atoms with van der Waals surface area (Å²) in [7, 11) is 0. The van der Waals surface area contributed by atoms with Gasteiger partial charge in [-0.15, -0.1) is 0 Å². The van der Waals surface area contributed by atoms with Gasteiger partial charge in [-0.05, 0) is 46.4 Å². The number of nitrogens with two attached hydrogens (primary N) is 1. The van der Waals surface area contributed by atoms with Gasteiger partial charge in [0.1, 0.15) is 10.9 Å². The maximum absolute atomic E-state index is 5.64.